The van der Waals surface area contributed by atoms with Crippen LogP contribution in [0.1, 0.15) is 29.8 Å². The molecule has 32 heavy (non-hydrogen) atoms. The summed E-state index contributed by atoms with van der Waals surface area (Å²) in [5, 5.41) is 7.37. The molecule has 168 valence electrons. The SMILES string of the molecule is Nc1ccc(-c2csc(CCC(=O)NC3CCN(Cc4ccc(Cl)c(Cl)c4)CC3)n2)cc1. The smallest absolute Gasteiger partial charge is 0.220 e. The molecule has 0 unspecified atom stereocenters. The number of nitrogens with one attached hydrogen (secondary N) is 1. The van der Waals surface area contributed by atoms with Gasteiger partial charge < -0.3 is 11.1 Å². The Morgan fingerprint density at radius 3 is 2.59 bits per heavy atom. The minimum Gasteiger partial charge on any atom is -0.399 e. The number of hydrogen-bond donors (Lipinski definition) is 2. The Kier molecular flexibility index (Phi) is 7.68. The van der Waals surface area contributed by atoms with Crippen molar-refractivity contribution < 1.29 is 4.79 Å². The van der Waals surface area contributed by atoms with E-state index in [2.05, 4.69) is 15.2 Å². The number of amides is 1. The Morgan fingerprint density at radius 1 is 1.12 bits per heavy atom. The van der Waals surface area contributed by atoms with Crippen molar-refractivity contribution in [1.29, 1.82) is 0 Å². The molecule has 1 aromatic heterocycles. The van der Waals surface area contributed by atoms with Gasteiger partial charge >= 0.3 is 0 Å². The number of rotatable bonds is 7. The van der Waals surface area contributed by atoms with E-state index >= 15 is 0 Å². The number of anilines is 1. The molecule has 1 fully saturated rings. The Morgan fingerprint density at radius 2 is 1.88 bits per heavy atom. The van der Waals surface area contributed by atoms with Crippen molar-refractivity contribution in [2.75, 3.05) is 18.8 Å². The molecule has 4 rings (SSSR count). The zero-order chi connectivity index (χ0) is 22.5. The topological polar surface area (TPSA) is 71.2 Å². The van der Waals surface area contributed by atoms with E-state index in [1.807, 2.05) is 47.8 Å². The fraction of sp³-hybridized carbons (Fsp3) is 0.333. The number of nitrogens with two attached hydrogens (primary N) is 1. The second-order valence-corrected chi connectivity index (χ2v) is 9.87. The number of piperidine rings is 1. The molecular weight excluding hydrogens is 463 g/mol. The normalized spacial score (nSPS) is 15.1. The fourth-order valence-corrected chi connectivity index (χ4v) is 4.99. The first-order valence-corrected chi connectivity index (χ1v) is 12.4. The third kappa shape index (κ3) is 6.23. The average Bonchev–Trinajstić information content (AvgIpc) is 3.26. The van der Waals surface area contributed by atoms with Crippen LogP contribution in [0.5, 0.6) is 0 Å². The summed E-state index contributed by atoms with van der Waals surface area (Å²) in [6.07, 6.45) is 3.01. The maximum Gasteiger partial charge on any atom is 0.220 e. The number of nitrogens with zero attached hydrogens (tertiary/aromatic N) is 2. The van der Waals surface area contributed by atoms with Crippen molar-refractivity contribution >= 4 is 46.1 Å². The van der Waals surface area contributed by atoms with Gasteiger partial charge in [-0.05, 0) is 42.7 Å². The molecule has 0 saturated carbocycles. The summed E-state index contributed by atoms with van der Waals surface area (Å²) < 4.78 is 0. The standard InChI is InChI=1S/C24H26Cl2N4OS/c25-20-6-1-16(13-21(20)26)14-30-11-9-19(10-12-30)28-23(31)7-8-24-29-22(15-32-24)17-2-4-18(27)5-3-17/h1-6,13,15,19H,7-12,14,27H2,(H,28,31). The van der Waals surface area contributed by atoms with Crippen LogP contribution in [-0.2, 0) is 17.8 Å². The molecule has 0 atom stereocenters. The first-order valence-electron chi connectivity index (χ1n) is 10.7. The fourth-order valence-electron chi connectivity index (χ4n) is 3.86. The number of carbonyl (C=O) groups is 1. The second-order valence-electron chi connectivity index (χ2n) is 8.11. The molecule has 0 aliphatic carbocycles. The molecule has 2 aromatic carbocycles. The zero-order valence-electron chi connectivity index (χ0n) is 17.7. The van der Waals surface area contributed by atoms with Crippen LogP contribution in [0.15, 0.2) is 47.8 Å². The van der Waals surface area contributed by atoms with E-state index < -0.39 is 0 Å². The Hall–Kier alpha value is -2.12. The molecule has 3 N–H and O–H groups in total. The summed E-state index contributed by atoms with van der Waals surface area (Å²) in [4.78, 5) is 19.5. The molecular formula is C24H26Cl2N4OS. The van der Waals surface area contributed by atoms with Crippen LogP contribution in [0, 0.1) is 0 Å². The third-order valence-electron chi connectivity index (χ3n) is 5.67. The summed E-state index contributed by atoms with van der Waals surface area (Å²) in [6, 6.07) is 13.7. The van der Waals surface area contributed by atoms with E-state index in [0.717, 1.165) is 60.0 Å². The number of carbonyl (C=O) groups excluding carboxylic acids is 1. The Bertz CT molecular complexity index is 1060. The van der Waals surface area contributed by atoms with Crippen molar-refractivity contribution in [3.63, 3.8) is 0 Å². The van der Waals surface area contributed by atoms with Gasteiger partial charge in [0.1, 0.15) is 0 Å². The monoisotopic (exact) mass is 488 g/mol. The molecule has 1 saturated heterocycles. The van der Waals surface area contributed by atoms with Crippen LogP contribution in [0.2, 0.25) is 10.0 Å². The van der Waals surface area contributed by atoms with E-state index in [1.165, 1.54) is 0 Å². The van der Waals surface area contributed by atoms with Crippen LogP contribution in [0.25, 0.3) is 11.3 Å². The van der Waals surface area contributed by atoms with E-state index in [4.69, 9.17) is 28.9 Å². The molecule has 1 aliphatic heterocycles. The molecule has 8 heteroatoms. The predicted octanol–water partition coefficient (Wildman–Crippen LogP) is 5.41. The van der Waals surface area contributed by atoms with Crippen LogP contribution < -0.4 is 11.1 Å². The summed E-state index contributed by atoms with van der Waals surface area (Å²) in [5.74, 6) is 0.0946. The number of benzene rings is 2. The van der Waals surface area contributed by atoms with Crippen LogP contribution in [0.4, 0.5) is 5.69 Å². The maximum absolute atomic E-state index is 12.5. The van der Waals surface area contributed by atoms with Gasteiger partial charge in [0, 0.05) is 55.1 Å². The Balaban J connectivity index is 1.19. The lowest BCUT2D eigenvalue weighted by molar-refractivity contribution is -0.122. The van der Waals surface area contributed by atoms with E-state index in [0.29, 0.717) is 22.9 Å². The summed E-state index contributed by atoms with van der Waals surface area (Å²) in [6.45, 7) is 2.74. The number of halogens is 2. The van der Waals surface area contributed by atoms with Crippen LogP contribution in [0.3, 0.4) is 0 Å². The summed E-state index contributed by atoms with van der Waals surface area (Å²) in [5.41, 5.74) is 9.61. The highest BCUT2D eigenvalue weighted by Gasteiger charge is 2.21. The van der Waals surface area contributed by atoms with Crippen LogP contribution in [-0.4, -0.2) is 34.9 Å². The van der Waals surface area contributed by atoms with Gasteiger partial charge in [0.15, 0.2) is 0 Å². The largest absolute Gasteiger partial charge is 0.399 e. The first-order chi connectivity index (χ1) is 15.5. The molecule has 3 aromatic rings. The van der Waals surface area contributed by atoms with Crippen molar-refractivity contribution in [2.45, 2.75) is 38.3 Å². The molecule has 0 spiro atoms. The lowest BCUT2D eigenvalue weighted by Crippen LogP contribution is -2.44. The van der Waals surface area contributed by atoms with Crippen molar-refractivity contribution in [2.24, 2.45) is 0 Å². The number of hydrogen-bond acceptors (Lipinski definition) is 5. The highest BCUT2D eigenvalue weighted by atomic mass is 35.5. The third-order valence-corrected chi connectivity index (χ3v) is 7.31. The zero-order valence-corrected chi connectivity index (χ0v) is 20.0. The number of aryl methyl sites for hydroxylation is 1. The van der Waals surface area contributed by atoms with Gasteiger partial charge in [-0.15, -0.1) is 11.3 Å². The van der Waals surface area contributed by atoms with Gasteiger partial charge in [0.25, 0.3) is 0 Å². The van der Waals surface area contributed by atoms with Crippen molar-refractivity contribution in [3.05, 3.63) is 68.5 Å². The quantitative estimate of drug-likeness (QED) is 0.436. The molecule has 5 nitrogen and oxygen atoms in total. The van der Waals surface area contributed by atoms with Gasteiger partial charge in [-0.25, -0.2) is 4.98 Å². The van der Waals surface area contributed by atoms with Gasteiger partial charge in [-0.1, -0.05) is 41.4 Å². The molecule has 0 bridgehead atoms. The highest BCUT2D eigenvalue weighted by Crippen LogP contribution is 2.25. The van der Waals surface area contributed by atoms with E-state index in [9.17, 15) is 4.79 Å². The lowest BCUT2D eigenvalue weighted by Gasteiger charge is -2.32. The molecule has 0 radical (unpaired) electrons. The average molecular weight is 489 g/mol. The molecule has 2 heterocycles. The predicted molar refractivity (Wildman–Crippen MR) is 133 cm³/mol. The van der Waals surface area contributed by atoms with E-state index in [-0.39, 0.29) is 11.9 Å². The van der Waals surface area contributed by atoms with Crippen LogP contribution >= 0.6 is 34.5 Å². The van der Waals surface area contributed by atoms with Crippen molar-refractivity contribution in [1.82, 2.24) is 15.2 Å². The van der Waals surface area contributed by atoms with Gasteiger partial charge in [0.05, 0.1) is 20.7 Å². The lowest BCUT2D eigenvalue weighted by atomic mass is 10.0. The highest BCUT2D eigenvalue weighted by molar-refractivity contribution is 7.09. The number of nitrogen functional groups attached to an aromatic ring is 1. The Labute approximate surface area is 202 Å². The van der Waals surface area contributed by atoms with E-state index in [1.54, 1.807) is 11.3 Å². The second kappa shape index (κ2) is 10.7. The van der Waals surface area contributed by atoms with Crippen molar-refractivity contribution in [3.8, 4) is 11.3 Å². The summed E-state index contributed by atoms with van der Waals surface area (Å²) in [7, 11) is 0. The number of thiazole rings is 1. The van der Waals surface area contributed by atoms with Gasteiger partial charge in [0.2, 0.25) is 5.91 Å². The maximum atomic E-state index is 12.5. The summed E-state index contributed by atoms with van der Waals surface area (Å²) >= 11 is 13.7. The van der Waals surface area contributed by atoms with Gasteiger partial charge in [-0.3, -0.25) is 9.69 Å². The first kappa shape index (κ1) is 23.1. The number of aromatic nitrogens is 1. The molecule has 1 amide bonds. The minimum absolute atomic E-state index is 0.0946. The molecule has 1 aliphatic rings. The number of likely N-dealkylation sites (tertiary alicyclic amines) is 1. The van der Waals surface area contributed by atoms with Gasteiger partial charge in [-0.2, -0.15) is 0 Å². The minimum atomic E-state index is 0.0946.